The first-order valence-electron chi connectivity index (χ1n) is 23.6. The van der Waals surface area contributed by atoms with Crippen LogP contribution in [-0.4, -0.2) is 0 Å². The van der Waals surface area contributed by atoms with Crippen LogP contribution in [0.4, 0.5) is 0 Å². The van der Waals surface area contributed by atoms with Gasteiger partial charge in [0.15, 0.2) is 0 Å². The molecule has 0 amide bonds. The molecule has 0 saturated heterocycles. The Morgan fingerprint density at radius 3 is 0.803 bits per heavy atom. The molecule has 0 bridgehead atoms. The van der Waals surface area contributed by atoms with Crippen LogP contribution in [0.3, 0.4) is 0 Å². The summed E-state index contributed by atoms with van der Waals surface area (Å²) in [5.41, 5.74) is 23.9. The van der Waals surface area contributed by atoms with Gasteiger partial charge in [0.1, 0.15) is 0 Å². The van der Waals surface area contributed by atoms with E-state index in [1.165, 1.54) is 143 Å². The van der Waals surface area contributed by atoms with Gasteiger partial charge < -0.3 is 0 Å². The zero-order valence-corrected chi connectivity index (χ0v) is 38.5. The van der Waals surface area contributed by atoms with Gasteiger partial charge in [-0.1, -0.05) is 210 Å². The van der Waals surface area contributed by atoms with Gasteiger partial charge in [-0.25, -0.2) is 0 Å². The molecule has 0 N–H and O–H groups in total. The van der Waals surface area contributed by atoms with Gasteiger partial charge in [0.25, 0.3) is 0 Å². The molecule has 0 heteroatoms. The van der Waals surface area contributed by atoms with Crippen molar-refractivity contribution in [2.75, 3.05) is 0 Å². The quantitative estimate of drug-likeness (QED) is 0.155. The Kier molecular flexibility index (Phi) is 8.24. The van der Waals surface area contributed by atoms with Crippen molar-refractivity contribution in [1.29, 1.82) is 0 Å². The van der Waals surface area contributed by atoms with Crippen LogP contribution in [0.25, 0.3) is 110 Å². The minimum absolute atomic E-state index is 0.234. The first-order valence-corrected chi connectivity index (χ1v) is 23.6. The molecule has 0 saturated carbocycles. The summed E-state index contributed by atoms with van der Waals surface area (Å²) in [6.45, 7) is 14.6. The molecule has 2 aliphatic rings. The summed E-state index contributed by atoms with van der Waals surface area (Å²) in [6.07, 6.45) is 0. The lowest BCUT2D eigenvalue weighted by Crippen LogP contribution is -2.24. The molecular weight excluding hydrogens is 793 g/mol. The van der Waals surface area contributed by atoms with Gasteiger partial charge in [-0.2, -0.15) is 0 Å². The molecule has 0 aromatic heterocycles. The van der Waals surface area contributed by atoms with E-state index in [9.17, 15) is 0 Å². The van der Waals surface area contributed by atoms with Crippen molar-refractivity contribution in [2.24, 2.45) is 0 Å². The van der Waals surface area contributed by atoms with Gasteiger partial charge in [-0.15, -0.1) is 0 Å². The summed E-state index contributed by atoms with van der Waals surface area (Å²) in [7, 11) is 0. The maximum absolute atomic E-state index is 2.55. The first kappa shape index (κ1) is 38.9. The third-order valence-electron chi connectivity index (χ3n) is 15.6. The Balaban J connectivity index is 0.995. The fourth-order valence-electron chi connectivity index (χ4n) is 12.9. The average Bonchev–Trinajstić information content (AvgIpc) is 3.72. The minimum atomic E-state index is -0.234. The minimum Gasteiger partial charge on any atom is -0.0622 e. The standard InChI is InChI=1S/C66H50/c1-39-35-43(61-49-29-17-13-25-45(49)59(41-21-9-7-10-22-41)46-26-14-18-30-50(46)61)37-55-57(39)53-33-34-54-58-40(2)36-44(38-56(58)66(5,6)64(54)63(53)65(55,3)4)62-51-31-19-15-27-47(51)60(42-23-11-8-12-24-42)48-28-16-20-32-52(48)62/h7-38H,1-6H3. The maximum Gasteiger partial charge on any atom is 0.0162 e. The van der Waals surface area contributed by atoms with Gasteiger partial charge in [0.2, 0.25) is 0 Å². The molecule has 11 aromatic rings. The fourth-order valence-corrected chi connectivity index (χ4v) is 12.9. The van der Waals surface area contributed by atoms with E-state index in [1.807, 2.05) is 0 Å². The normalized spacial score (nSPS) is 14.2. The number of hydrogen-bond acceptors (Lipinski definition) is 0. The van der Waals surface area contributed by atoms with Gasteiger partial charge >= 0.3 is 0 Å². The van der Waals surface area contributed by atoms with E-state index in [0.717, 1.165) is 0 Å². The Hall–Kier alpha value is -7.54. The molecule has 66 heavy (non-hydrogen) atoms. The van der Waals surface area contributed by atoms with Gasteiger partial charge in [-0.3, -0.25) is 0 Å². The second-order valence-corrected chi connectivity index (χ2v) is 20.0. The van der Waals surface area contributed by atoms with Crippen molar-refractivity contribution in [3.63, 3.8) is 0 Å². The molecule has 2 aliphatic carbocycles. The van der Waals surface area contributed by atoms with Crippen LogP contribution >= 0.6 is 0 Å². The average molecular weight is 843 g/mol. The number of rotatable bonds is 4. The van der Waals surface area contributed by atoms with Crippen LogP contribution in [0.1, 0.15) is 61.1 Å². The van der Waals surface area contributed by atoms with Crippen LogP contribution in [-0.2, 0) is 10.8 Å². The third-order valence-corrected chi connectivity index (χ3v) is 15.6. The Bertz CT molecular complexity index is 3490. The third kappa shape index (κ3) is 5.27. The fraction of sp³-hybridized carbons (Fsp3) is 0.121. The molecule has 0 spiro atoms. The first-order chi connectivity index (χ1) is 32.1. The van der Waals surface area contributed by atoms with E-state index >= 15 is 0 Å². The number of fused-ring (bicyclic) bond motifs is 11. The Morgan fingerprint density at radius 2 is 0.515 bits per heavy atom. The van der Waals surface area contributed by atoms with E-state index in [0.29, 0.717) is 0 Å². The van der Waals surface area contributed by atoms with E-state index < -0.39 is 0 Å². The van der Waals surface area contributed by atoms with Gasteiger partial charge in [0.05, 0.1) is 0 Å². The summed E-state index contributed by atoms with van der Waals surface area (Å²) in [5, 5.41) is 10.3. The van der Waals surface area contributed by atoms with Crippen LogP contribution in [0.2, 0.25) is 0 Å². The summed E-state index contributed by atoms with van der Waals surface area (Å²) in [5.74, 6) is 0. The largest absolute Gasteiger partial charge is 0.0622 e. The van der Waals surface area contributed by atoms with E-state index in [4.69, 9.17) is 0 Å². The predicted molar refractivity (Wildman–Crippen MR) is 283 cm³/mol. The smallest absolute Gasteiger partial charge is 0.0162 e. The highest BCUT2D eigenvalue weighted by Crippen LogP contribution is 2.61. The van der Waals surface area contributed by atoms with E-state index in [-0.39, 0.29) is 10.8 Å². The van der Waals surface area contributed by atoms with Crippen molar-refractivity contribution in [3.05, 3.63) is 228 Å². The molecule has 0 aliphatic heterocycles. The monoisotopic (exact) mass is 842 g/mol. The highest BCUT2D eigenvalue weighted by Gasteiger charge is 2.47. The van der Waals surface area contributed by atoms with Gasteiger partial charge in [-0.05, 0) is 169 Å². The lowest BCUT2D eigenvalue weighted by molar-refractivity contribution is 0.601. The highest BCUT2D eigenvalue weighted by atomic mass is 14.5. The van der Waals surface area contributed by atoms with Gasteiger partial charge in [0, 0.05) is 10.8 Å². The molecule has 0 atom stereocenters. The van der Waals surface area contributed by atoms with Crippen LogP contribution in [0.5, 0.6) is 0 Å². The molecule has 0 radical (unpaired) electrons. The topological polar surface area (TPSA) is 0 Å². The molecule has 11 aromatic carbocycles. The molecule has 0 nitrogen and oxygen atoms in total. The molecule has 13 rings (SSSR count). The molecule has 0 fully saturated rings. The Morgan fingerprint density at radius 1 is 0.258 bits per heavy atom. The summed E-state index contributed by atoms with van der Waals surface area (Å²) < 4.78 is 0. The lowest BCUT2D eigenvalue weighted by atomic mass is 9.72. The second kappa shape index (κ2) is 14.0. The SMILES string of the molecule is Cc1cc(-c2c3ccccc3c(-c3ccccc3)c3ccccc23)cc2c1-c1ccc3c(c1C2(C)C)C(C)(C)c1cc(-c2c4ccccc4c(-c4ccccc4)c4ccccc24)cc(C)c1-3. The van der Waals surface area contributed by atoms with E-state index in [1.54, 1.807) is 0 Å². The molecule has 0 unspecified atom stereocenters. The van der Waals surface area contributed by atoms with Crippen molar-refractivity contribution < 1.29 is 0 Å². The van der Waals surface area contributed by atoms with Crippen LogP contribution in [0, 0.1) is 13.8 Å². The van der Waals surface area contributed by atoms with Crippen molar-refractivity contribution in [1.82, 2.24) is 0 Å². The van der Waals surface area contributed by atoms with Crippen LogP contribution in [0.15, 0.2) is 194 Å². The zero-order chi connectivity index (χ0) is 44.6. The highest BCUT2D eigenvalue weighted by molar-refractivity contribution is 6.23. The number of benzene rings is 11. The second-order valence-electron chi connectivity index (χ2n) is 20.0. The van der Waals surface area contributed by atoms with Crippen molar-refractivity contribution in [3.8, 4) is 66.8 Å². The lowest BCUT2D eigenvalue weighted by Gasteiger charge is -2.31. The van der Waals surface area contributed by atoms with Crippen molar-refractivity contribution in [2.45, 2.75) is 52.4 Å². The van der Waals surface area contributed by atoms with Crippen LogP contribution < -0.4 is 0 Å². The molecule has 314 valence electrons. The zero-order valence-electron chi connectivity index (χ0n) is 38.5. The van der Waals surface area contributed by atoms with Crippen molar-refractivity contribution >= 4 is 43.1 Å². The Labute approximate surface area is 387 Å². The summed E-state index contributed by atoms with van der Waals surface area (Å²) in [6, 6.07) is 73.0. The summed E-state index contributed by atoms with van der Waals surface area (Å²) >= 11 is 0. The maximum atomic E-state index is 2.55. The summed E-state index contributed by atoms with van der Waals surface area (Å²) in [4.78, 5) is 0. The predicted octanol–water partition coefficient (Wildman–Crippen LogP) is 18.2. The molecular formula is C66H50. The number of aryl methyl sites for hydroxylation is 2. The number of hydrogen-bond donors (Lipinski definition) is 0. The molecule has 0 heterocycles. The van der Waals surface area contributed by atoms with E-state index in [2.05, 4.69) is 236 Å².